The third-order valence-corrected chi connectivity index (χ3v) is 4.17. The van der Waals surface area contributed by atoms with Gasteiger partial charge in [-0.3, -0.25) is 0 Å². The molecule has 3 rings (SSSR count). The summed E-state index contributed by atoms with van der Waals surface area (Å²) in [5.41, 5.74) is 3.34. The average Bonchev–Trinajstić information content (AvgIpc) is 2.82. The summed E-state index contributed by atoms with van der Waals surface area (Å²) in [6.07, 6.45) is 0.883. The Balaban J connectivity index is 1.90. The zero-order valence-electron chi connectivity index (χ0n) is 13.1. The van der Waals surface area contributed by atoms with E-state index in [0.717, 1.165) is 44.2 Å². The molecule has 1 saturated heterocycles. The third kappa shape index (κ3) is 2.80. The van der Waals surface area contributed by atoms with E-state index in [4.69, 9.17) is 14.2 Å². The number of anilines is 2. The van der Waals surface area contributed by atoms with Crippen LogP contribution in [0.3, 0.4) is 0 Å². The van der Waals surface area contributed by atoms with Crippen molar-refractivity contribution in [1.82, 2.24) is 0 Å². The number of morpholine rings is 1. The van der Waals surface area contributed by atoms with Gasteiger partial charge in [-0.2, -0.15) is 0 Å². The number of ether oxygens (including phenoxy) is 3. The van der Waals surface area contributed by atoms with E-state index in [1.165, 1.54) is 11.3 Å². The maximum Gasteiger partial charge on any atom is 0.134 e. The summed E-state index contributed by atoms with van der Waals surface area (Å²) >= 11 is 0. The number of fused-ring (bicyclic) bond motifs is 1. The molecule has 1 aromatic rings. The number of methoxy groups -OCH3 is 1. The van der Waals surface area contributed by atoms with Crippen molar-refractivity contribution in [2.45, 2.75) is 18.9 Å². The molecule has 5 heteroatoms. The first-order valence-electron chi connectivity index (χ1n) is 7.50. The van der Waals surface area contributed by atoms with E-state index in [9.17, 15) is 0 Å². The molecule has 0 bridgehead atoms. The minimum atomic E-state index is -0.258. The fourth-order valence-electron chi connectivity index (χ4n) is 3.20. The molecule has 1 unspecified atom stereocenters. The molecule has 2 aliphatic heterocycles. The summed E-state index contributed by atoms with van der Waals surface area (Å²) in [5.74, 6) is 0.982. The van der Waals surface area contributed by atoms with Crippen molar-refractivity contribution in [3.63, 3.8) is 0 Å². The monoisotopic (exact) mass is 292 g/mol. The predicted octanol–water partition coefficient (Wildman–Crippen LogP) is 1.90. The van der Waals surface area contributed by atoms with Crippen LogP contribution in [0.1, 0.15) is 12.5 Å². The van der Waals surface area contributed by atoms with Crippen LogP contribution in [0.2, 0.25) is 0 Å². The van der Waals surface area contributed by atoms with Gasteiger partial charge in [0.25, 0.3) is 0 Å². The fourth-order valence-corrected chi connectivity index (χ4v) is 3.20. The molecule has 0 aliphatic carbocycles. The van der Waals surface area contributed by atoms with Gasteiger partial charge in [0.15, 0.2) is 0 Å². The molecular weight excluding hydrogens is 268 g/mol. The summed E-state index contributed by atoms with van der Waals surface area (Å²) in [5, 5.41) is 3.31. The van der Waals surface area contributed by atoms with Gasteiger partial charge in [-0.1, -0.05) is 0 Å². The van der Waals surface area contributed by atoms with Gasteiger partial charge in [0, 0.05) is 45.3 Å². The van der Waals surface area contributed by atoms with Crippen LogP contribution in [0.5, 0.6) is 5.75 Å². The van der Waals surface area contributed by atoms with Crippen LogP contribution >= 0.6 is 0 Å². The third-order valence-electron chi connectivity index (χ3n) is 4.17. The molecule has 1 fully saturated rings. The smallest absolute Gasteiger partial charge is 0.134 e. The van der Waals surface area contributed by atoms with Gasteiger partial charge in [-0.05, 0) is 13.0 Å². The Morgan fingerprint density at radius 1 is 1.33 bits per heavy atom. The molecule has 0 amide bonds. The number of hydrogen-bond donors (Lipinski definition) is 1. The molecule has 0 spiro atoms. The minimum Gasteiger partial charge on any atom is -0.484 e. The zero-order valence-corrected chi connectivity index (χ0v) is 13.1. The lowest BCUT2D eigenvalue weighted by atomic mass is 9.99. The summed E-state index contributed by atoms with van der Waals surface area (Å²) < 4.78 is 16.9. The maximum absolute atomic E-state index is 6.16. The van der Waals surface area contributed by atoms with E-state index in [-0.39, 0.29) is 5.60 Å². The number of nitrogens with zero attached hydrogens (tertiary/aromatic N) is 1. The van der Waals surface area contributed by atoms with Crippen LogP contribution in [-0.4, -0.2) is 52.7 Å². The second-order valence-electron chi connectivity index (χ2n) is 5.99. The zero-order chi connectivity index (χ0) is 14.9. The Kier molecular flexibility index (Phi) is 3.95. The number of nitrogens with one attached hydrogen (secondary N) is 1. The quantitative estimate of drug-likeness (QED) is 0.918. The van der Waals surface area contributed by atoms with Crippen molar-refractivity contribution >= 4 is 11.4 Å². The van der Waals surface area contributed by atoms with E-state index in [0.29, 0.717) is 6.61 Å². The van der Waals surface area contributed by atoms with Crippen molar-refractivity contribution in [3.05, 3.63) is 17.7 Å². The summed E-state index contributed by atoms with van der Waals surface area (Å²) in [6.45, 7) is 6.10. The SMILES string of the molecule is CNc1cc2c(cc1N1CCOCC1)OC(C)(COC)C2. The normalized spacial score (nSPS) is 24.6. The number of benzene rings is 1. The Morgan fingerprint density at radius 2 is 2.10 bits per heavy atom. The van der Waals surface area contributed by atoms with E-state index >= 15 is 0 Å². The second kappa shape index (κ2) is 5.73. The van der Waals surface area contributed by atoms with Gasteiger partial charge in [-0.15, -0.1) is 0 Å². The largest absolute Gasteiger partial charge is 0.484 e. The highest BCUT2D eigenvalue weighted by atomic mass is 16.5. The Labute approximate surface area is 126 Å². The van der Waals surface area contributed by atoms with Crippen LogP contribution in [0.25, 0.3) is 0 Å². The number of rotatable bonds is 4. The molecule has 2 aliphatic rings. The van der Waals surface area contributed by atoms with Gasteiger partial charge in [0.05, 0.1) is 31.2 Å². The first-order valence-corrected chi connectivity index (χ1v) is 7.50. The van der Waals surface area contributed by atoms with Crippen molar-refractivity contribution in [2.24, 2.45) is 0 Å². The molecule has 5 nitrogen and oxygen atoms in total. The fraction of sp³-hybridized carbons (Fsp3) is 0.625. The van der Waals surface area contributed by atoms with E-state index in [1.807, 2.05) is 7.05 Å². The van der Waals surface area contributed by atoms with E-state index < -0.39 is 0 Å². The molecule has 116 valence electrons. The van der Waals surface area contributed by atoms with Crippen LogP contribution in [0.15, 0.2) is 12.1 Å². The molecule has 21 heavy (non-hydrogen) atoms. The van der Waals surface area contributed by atoms with Crippen LogP contribution < -0.4 is 15.0 Å². The van der Waals surface area contributed by atoms with Crippen molar-refractivity contribution < 1.29 is 14.2 Å². The lowest BCUT2D eigenvalue weighted by Crippen LogP contribution is -2.36. The average molecular weight is 292 g/mol. The molecule has 0 radical (unpaired) electrons. The summed E-state index contributed by atoms with van der Waals surface area (Å²) in [7, 11) is 3.69. The molecule has 1 aromatic carbocycles. The van der Waals surface area contributed by atoms with Crippen LogP contribution in [0, 0.1) is 0 Å². The first kappa shape index (κ1) is 14.5. The van der Waals surface area contributed by atoms with E-state index in [2.05, 4.69) is 29.3 Å². The Hall–Kier alpha value is -1.46. The van der Waals surface area contributed by atoms with Gasteiger partial charge in [0.1, 0.15) is 11.4 Å². The number of hydrogen-bond acceptors (Lipinski definition) is 5. The molecule has 0 aromatic heterocycles. The van der Waals surface area contributed by atoms with Gasteiger partial charge in [0.2, 0.25) is 0 Å². The highest BCUT2D eigenvalue weighted by Gasteiger charge is 2.36. The highest BCUT2D eigenvalue weighted by Crippen LogP contribution is 2.41. The topological polar surface area (TPSA) is 43.0 Å². The van der Waals surface area contributed by atoms with Crippen molar-refractivity contribution in [3.8, 4) is 5.75 Å². The summed E-state index contributed by atoms with van der Waals surface area (Å²) in [6, 6.07) is 4.37. The van der Waals surface area contributed by atoms with E-state index in [1.54, 1.807) is 7.11 Å². The lowest BCUT2D eigenvalue weighted by molar-refractivity contribution is 0.0205. The standard InChI is InChI=1S/C16H24N2O3/c1-16(11-19-3)10-12-8-13(17-2)14(9-15(12)21-16)18-4-6-20-7-5-18/h8-9,17H,4-7,10-11H2,1-3H3. The maximum atomic E-state index is 6.16. The molecule has 1 N–H and O–H groups in total. The first-order chi connectivity index (χ1) is 10.1. The van der Waals surface area contributed by atoms with Crippen LogP contribution in [-0.2, 0) is 15.9 Å². The van der Waals surface area contributed by atoms with Gasteiger partial charge in [-0.25, -0.2) is 0 Å². The Morgan fingerprint density at radius 3 is 2.76 bits per heavy atom. The van der Waals surface area contributed by atoms with Crippen molar-refractivity contribution in [2.75, 3.05) is 57.3 Å². The predicted molar refractivity (Wildman–Crippen MR) is 83.6 cm³/mol. The molecule has 1 atom stereocenters. The molecule has 0 saturated carbocycles. The summed E-state index contributed by atoms with van der Waals surface area (Å²) in [4.78, 5) is 2.35. The lowest BCUT2D eigenvalue weighted by Gasteiger charge is -2.31. The molecular formula is C16H24N2O3. The van der Waals surface area contributed by atoms with Gasteiger partial charge >= 0.3 is 0 Å². The Bertz CT molecular complexity index is 514. The van der Waals surface area contributed by atoms with Crippen molar-refractivity contribution in [1.29, 1.82) is 0 Å². The second-order valence-corrected chi connectivity index (χ2v) is 5.99. The molecule has 2 heterocycles. The highest BCUT2D eigenvalue weighted by molar-refractivity contribution is 5.74. The van der Waals surface area contributed by atoms with Crippen LogP contribution in [0.4, 0.5) is 11.4 Å². The minimum absolute atomic E-state index is 0.258. The van der Waals surface area contributed by atoms with Gasteiger partial charge < -0.3 is 24.4 Å².